The first kappa shape index (κ1) is 18.0. The summed E-state index contributed by atoms with van der Waals surface area (Å²) in [4.78, 5) is 0. The van der Waals surface area contributed by atoms with Gasteiger partial charge in [0.2, 0.25) is 0 Å². The Labute approximate surface area is 154 Å². The van der Waals surface area contributed by atoms with Crippen molar-refractivity contribution in [1.82, 2.24) is 0 Å². The topological polar surface area (TPSA) is 0 Å². The first-order chi connectivity index (χ1) is 11.5. The SMILES string of the molecule is CC1=Cc2cc(C)ccc2C1c1cc(C(C)(C)C)cc(C(C)(C)C)c1. The molecule has 0 saturated heterocycles. The van der Waals surface area contributed by atoms with Crippen LogP contribution in [0.5, 0.6) is 0 Å². The molecule has 0 radical (unpaired) electrons. The number of hydrogen-bond acceptors (Lipinski definition) is 0. The van der Waals surface area contributed by atoms with Crippen LogP contribution in [0.2, 0.25) is 0 Å². The standard InChI is InChI=1S/C25H32/c1-16-9-10-22-18(11-16)12-17(2)23(22)19-13-20(24(3,4)5)15-21(14-19)25(6,7)8/h9-15,23H,1-8H3. The maximum Gasteiger partial charge on any atom is 0.0305 e. The van der Waals surface area contributed by atoms with Crippen molar-refractivity contribution >= 4 is 6.08 Å². The van der Waals surface area contributed by atoms with Crippen LogP contribution in [0.25, 0.3) is 6.08 Å². The van der Waals surface area contributed by atoms with Crippen LogP contribution < -0.4 is 0 Å². The lowest BCUT2D eigenvalue weighted by Gasteiger charge is -2.28. The third kappa shape index (κ3) is 3.45. The van der Waals surface area contributed by atoms with Gasteiger partial charge >= 0.3 is 0 Å². The molecular formula is C25H32. The highest BCUT2D eigenvalue weighted by Crippen LogP contribution is 2.43. The van der Waals surface area contributed by atoms with Gasteiger partial charge in [-0.1, -0.05) is 95.2 Å². The molecule has 0 saturated carbocycles. The van der Waals surface area contributed by atoms with Gasteiger partial charge in [-0.2, -0.15) is 0 Å². The molecule has 0 nitrogen and oxygen atoms in total. The number of hydrogen-bond donors (Lipinski definition) is 0. The Kier molecular flexibility index (Phi) is 4.22. The molecule has 132 valence electrons. The van der Waals surface area contributed by atoms with Crippen molar-refractivity contribution in [3.63, 3.8) is 0 Å². The van der Waals surface area contributed by atoms with Gasteiger partial charge < -0.3 is 0 Å². The van der Waals surface area contributed by atoms with E-state index in [1.807, 2.05) is 0 Å². The minimum atomic E-state index is 0.155. The zero-order chi connectivity index (χ0) is 18.6. The quantitative estimate of drug-likeness (QED) is 0.520. The lowest BCUT2D eigenvalue weighted by molar-refractivity contribution is 0.566. The molecule has 0 heterocycles. The Hall–Kier alpha value is -1.82. The minimum absolute atomic E-state index is 0.155. The number of aryl methyl sites for hydroxylation is 1. The average Bonchev–Trinajstić information content (AvgIpc) is 2.79. The van der Waals surface area contributed by atoms with E-state index in [0.29, 0.717) is 5.92 Å². The van der Waals surface area contributed by atoms with Gasteiger partial charge in [0.15, 0.2) is 0 Å². The number of allylic oxidation sites excluding steroid dienone is 1. The average molecular weight is 333 g/mol. The fourth-order valence-corrected chi connectivity index (χ4v) is 3.78. The molecule has 2 aromatic carbocycles. The van der Waals surface area contributed by atoms with E-state index < -0.39 is 0 Å². The van der Waals surface area contributed by atoms with Crippen LogP contribution in [-0.4, -0.2) is 0 Å². The normalized spacial score (nSPS) is 17.4. The van der Waals surface area contributed by atoms with E-state index in [1.165, 1.54) is 39.0 Å². The predicted molar refractivity (Wildman–Crippen MR) is 111 cm³/mol. The first-order valence-corrected chi connectivity index (χ1v) is 9.41. The number of fused-ring (bicyclic) bond motifs is 1. The van der Waals surface area contributed by atoms with Crippen molar-refractivity contribution in [1.29, 1.82) is 0 Å². The highest BCUT2D eigenvalue weighted by molar-refractivity contribution is 5.69. The fourth-order valence-electron chi connectivity index (χ4n) is 3.78. The molecule has 0 heteroatoms. The molecule has 0 aliphatic heterocycles. The summed E-state index contributed by atoms with van der Waals surface area (Å²) < 4.78 is 0. The minimum Gasteiger partial charge on any atom is -0.0608 e. The van der Waals surface area contributed by atoms with Crippen LogP contribution in [0.15, 0.2) is 42.0 Å². The number of benzene rings is 2. The fraction of sp³-hybridized carbons (Fsp3) is 0.440. The van der Waals surface area contributed by atoms with E-state index in [4.69, 9.17) is 0 Å². The monoisotopic (exact) mass is 332 g/mol. The Balaban J connectivity index is 2.20. The lowest BCUT2D eigenvalue weighted by Crippen LogP contribution is -2.18. The zero-order valence-corrected chi connectivity index (χ0v) is 17.1. The van der Waals surface area contributed by atoms with E-state index in [0.717, 1.165) is 0 Å². The summed E-state index contributed by atoms with van der Waals surface area (Å²) in [6.07, 6.45) is 2.37. The second-order valence-corrected chi connectivity index (χ2v) is 9.80. The van der Waals surface area contributed by atoms with E-state index in [9.17, 15) is 0 Å². The molecule has 3 rings (SSSR count). The molecule has 0 fully saturated rings. The van der Waals surface area contributed by atoms with Gasteiger partial charge in [0, 0.05) is 5.92 Å². The van der Waals surface area contributed by atoms with Crippen molar-refractivity contribution < 1.29 is 0 Å². The second kappa shape index (κ2) is 5.87. The van der Waals surface area contributed by atoms with Gasteiger partial charge in [-0.15, -0.1) is 0 Å². The highest BCUT2D eigenvalue weighted by Gasteiger charge is 2.27. The molecule has 25 heavy (non-hydrogen) atoms. The summed E-state index contributed by atoms with van der Waals surface area (Å²) >= 11 is 0. The molecule has 1 unspecified atom stereocenters. The van der Waals surface area contributed by atoms with Crippen LogP contribution >= 0.6 is 0 Å². The number of rotatable bonds is 1. The molecule has 0 N–H and O–H groups in total. The summed E-state index contributed by atoms with van der Waals surface area (Å²) in [5.74, 6) is 0.388. The van der Waals surface area contributed by atoms with Crippen molar-refractivity contribution in [3.05, 3.63) is 75.4 Å². The largest absolute Gasteiger partial charge is 0.0608 e. The third-order valence-electron chi connectivity index (χ3n) is 5.41. The lowest BCUT2D eigenvalue weighted by atomic mass is 9.77. The van der Waals surface area contributed by atoms with Gasteiger partial charge in [0.05, 0.1) is 0 Å². The van der Waals surface area contributed by atoms with E-state index in [1.54, 1.807) is 0 Å². The van der Waals surface area contributed by atoms with E-state index >= 15 is 0 Å². The van der Waals surface area contributed by atoms with E-state index in [-0.39, 0.29) is 10.8 Å². The summed E-state index contributed by atoms with van der Waals surface area (Å²) in [5, 5.41) is 0. The van der Waals surface area contributed by atoms with Gasteiger partial charge in [0.25, 0.3) is 0 Å². The summed E-state index contributed by atoms with van der Waals surface area (Å²) in [7, 11) is 0. The maximum absolute atomic E-state index is 2.44. The molecule has 1 atom stereocenters. The summed E-state index contributed by atoms with van der Waals surface area (Å²) in [5.41, 5.74) is 10.2. The van der Waals surface area contributed by atoms with Gasteiger partial charge in [-0.05, 0) is 52.5 Å². The van der Waals surface area contributed by atoms with Crippen LogP contribution in [0.1, 0.15) is 87.8 Å². The molecule has 1 aliphatic rings. The molecule has 0 aromatic heterocycles. The van der Waals surface area contributed by atoms with Crippen molar-refractivity contribution in [3.8, 4) is 0 Å². The Morgan fingerprint density at radius 2 is 1.28 bits per heavy atom. The smallest absolute Gasteiger partial charge is 0.0305 e. The Morgan fingerprint density at radius 3 is 1.80 bits per heavy atom. The molecule has 0 amide bonds. The van der Waals surface area contributed by atoms with Gasteiger partial charge in [-0.25, -0.2) is 0 Å². The maximum atomic E-state index is 2.44. The molecular weight excluding hydrogens is 300 g/mol. The van der Waals surface area contributed by atoms with Crippen LogP contribution in [0, 0.1) is 6.92 Å². The molecule has 1 aliphatic carbocycles. The molecule has 2 aromatic rings. The van der Waals surface area contributed by atoms with Crippen molar-refractivity contribution in [2.45, 2.75) is 72.1 Å². The second-order valence-electron chi connectivity index (χ2n) is 9.80. The summed E-state index contributed by atoms with van der Waals surface area (Å²) in [6.45, 7) is 18.3. The van der Waals surface area contributed by atoms with Crippen LogP contribution in [0.3, 0.4) is 0 Å². The first-order valence-electron chi connectivity index (χ1n) is 9.41. The van der Waals surface area contributed by atoms with E-state index in [2.05, 4.69) is 97.9 Å². The zero-order valence-electron chi connectivity index (χ0n) is 17.1. The van der Waals surface area contributed by atoms with Crippen LogP contribution in [-0.2, 0) is 10.8 Å². The third-order valence-corrected chi connectivity index (χ3v) is 5.41. The predicted octanol–water partition coefficient (Wildman–Crippen LogP) is 7.14. The Bertz CT molecular complexity index is 803. The van der Waals surface area contributed by atoms with Gasteiger partial charge in [0.1, 0.15) is 0 Å². The molecule has 0 spiro atoms. The molecule has 0 bridgehead atoms. The van der Waals surface area contributed by atoms with Crippen molar-refractivity contribution in [2.75, 3.05) is 0 Å². The van der Waals surface area contributed by atoms with Gasteiger partial charge in [-0.3, -0.25) is 0 Å². The Morgan fingerprint density at radius 1 is 0.720 bits per heavy atom. The van der Waals surface area contributed by atoms with Crippen LogP contribution in [0.4, 0.5) is 0 Å². The van der Waals surface area contributed by atoms with Crippen molar-refractivity contribution in [2.24, 2.45) is 0 Å². The summed E-state index contributed by atoms with van der Waals surface area (Å²) in [6, 6.07) is 14.2. The highest BCUT2D eigenvalue weighted by atomic mass is 14.3.